The zero-order valence-electron chi connectivity index (χ0n) is 4.95. The van der Waals surface area contributed by atoms with Gasteiger partial charge in [-0.15, -0.1) is 0 Å². The molecule has 0 aromatic heterocycles. The third kappa shape index (κ3) is 4.14. The van der Waals surface area contributed by atoms with Gasteiger partial charge in [0.15, 0.2) is 6.65 Å². The van der Waals surface area contributed by atoms with Gasteiger partial charge in [0.2, 0.25) is 0 Å². The van der Waals surface area contributed by atoms with E-state index in [1.54, 1.807) is 0 Å². The molecule has 0 aliphatic rings. The van der Waals surface area contributed by atoms with Crippen LogP contribution < -0.4 is 0 Å². The summed E-state index contributed by atoms with van der Waals surface area (Å²) in [6.07, 6.45) is -4.73. The van der Waals surface area contributed by atoms with E-state index in [9.17, 15) is 22.0 Å². The van der Waals surface area contributed by atoms with Crippen LogP contribution in [0.1, 0.15) is 1.37 Å². The highest BCUT2D eigenvalue weighted by Gasteiger charge is 2.33. The van der Waals surface area contributed by atoms with Gasteiger partial charge in [0.05, 0.1) is 1.37 Å². The van der Waals surface area contributed by atoms with Crippen LogP contribution in [0.5, 0.6) is 0 Å². The lowest BCUT2D eigenvalue weighted by Crippen LogP contribution is -2.25. The highest BCUT2D eigenvalue weighted by atomic mass is 19.3. The minimum atomic E-state index is -4.73. The molecule has 0 fully saturated rings. The Hall–Kier alpha value is -0.390. The highest BCUT2D eigenvalue weighted by molar-refractivity contribution is 4.45. The predicted molar refractivity (Wildman–Crippen MR) is 18.0 cm³/mol. The molecule has 1 nitrogen and oxygen atoms in total. The molecule has 0 aromatic carbocycles. The first-order valence-electron chi connectivity index (χ1n) is 2.34. The minimum absolute atomic E-state index is 2.47. The topological polar surface area (TPSA) is 9.23 Å². The predicted octanol–water partition coefficient (Wildman–Crippen LogP) is 1.79. The molecule has 0 aliphatic carbocycles. The lowest BCUT2D eigenvalue weighted by molar-refractivity contribution is -0.323. The van der Waals surface area contributed by atoms with Gasteiger partial charge in [-0.25, -0.2) is 4.39 Å². The molecule has 1 unspecified atom stereocenters. The molecule has 9 heavy (non-hydrogen) atoms. The van der Waals surface area contributed by atoms with Gasteiger partial charge in [0, 0.05) is 0 Å². The smallest absolute Gasteiger partial charge is 0.256 e. The lowest BCUT2D eigenvalue weighted by atomic mass is 10.7. The van der Waals surface area contributed by atoms with Crippen molar-refractivity contribution in [1.29, 1.82) is 0 Å². The third-order valence-corrected chi connectivity index (χ3v) is 0.373. The number of alkyl halides is 5. The van der Waals surface area contributed by atoms with Crippen LogP contribution in [0.4, 0.5) is 22.0 Å². The van der Waals surface area contributed by atoms with Gasteiger partial charge >= 0.3 is 12.7 Å². The van der Waals surface area contributed by atoms with Crippen molar-refractivity contribution in [3.05, 3.63) is 0 Å². The standard InChI is InChI=1S/C3H3F5O/c4-1-3(7,8)9-2(5)6/h2H,1H2/i1D. The molecule has 0 saturated carbocycles. The van der Waals surface area contributed by atoms with Gasteiger partial charge in [0.1, 0.15) is 0 Å². The Bertz CT molecular complexity index is 105. The van der Waals surface area contributed by atoms with E-state index in [0.29, 0.717) is 0 Å². The molecule has 0 aromatic rings. The number of ether oxygens (including phenoxy) is 1. The Balaban J connectivity index is 3.87. The molecule has 0 amide bonds. The largest absolute Gasteiger partial charge is 0.388 e. The van der Waals surface area contributed by atoms with E-state index in [-0.39, 0.29) is 0 Å². The fraction of sp³-hybridized carbons (Fsp3) is 1.00. The molecule has 6 heteroatoms. The van der Waals surface area contributed by atoms with E-state index in [0.717, 1.165) is 0 Å². The minimum Gasteiger partial charge on any atom is -0.256 e. The van der Waals surface area contributed by atoms with Crippen LogP contribution >= 0.6 is 0 Å². The molecule has 0 heterocycles. The summed E-state index contributed by atoms with van der Waals surface area (Å²) < 4.78 is 64.4. The summed E-state index contributed by atoms with van der Waals surface area (Å²) in [6.45, 7) is -7.26. The molecular formula is C3H3F5O. The van der Waals surface area contributed by atoms with Crippen molar-refractivity contribution in [3.63, 3.8) is 0 Å². The first-order valence-corrected chi connectivity index (χ1v) is 1.76. The van der Waals surface area contributed by atoms with Crippen LogP contribution in [0.25, 0.3) is 0 Å². The SMILES string of the molecule is [2H]C(F)C(F)(F)OC(F)F. The quantitative estimate of drug-likeness (QED) is 0.558. The molecule has 56 valence electrons. The van der Waals surface area contributed by atoms with Gasteiger partial charge in [-0.1, -0.05) is 0 Å². The third-order valence-electron chi connectivity index (χ3n) is 0.373. The molecular weight excluding hydrogens is 147 g/mol. The number of rotatable bonds is 3. The van der Waals surface area contributed by atoms with Crippen LogP contribution in [0, 0.1) is 0 Å². The van der Waals surface area contributed by atoms with Gasteiger partial charge in [-0.2, -0.15) is 17.6 Å². The van der Waals surface area contributed by atoms with Gasteiger partial charge in [-0.3, -0.25) is 4.74 Å². The maximum Gasteiger partial charge on any atom is 0.388 e. The van der Waals surface area contributed by atoms with Crippen molar-refractivity contribution in [2.45, 2.75) is 12.7 Å². The van der Waals surface area contributed by atoms with Crippen LogP contribution in [0.2, 0.25) is 0 Å². The van der Waals surface area contributed by atoms with Crippen molar-refractivity contribution < 1.29 is 28.1 Å². The number of hydrogen-bond donors (Lipinski definition) is 0. The first kappa shape index (κ1) is 6.73. The maximum absolute atomic E-state index is 11.5. The molecule has 0 N–H and O–H groups in total. The Morgan fingerprint density at radius 2 is 2.00 bits per heavy atom. The van der Waals surface area contributed by atoms with Crippen LogP contribution in [-0.4, -0.2) is 19.4 Å². The Labute approximate surface area is 48.8 Å². The molecule has 0 aliphatic heterocycles. The monoisotopic (exact) mass is 151 g/mol. The van der Waals surface area contributed by atoms with Gasteiger partial charge in [0.25, 0.3) is 0 Å². The summed E-state index contributed by atoms with van der Waals surface area (Å²) in [5.41, 5.74) is 0. The van der Waals surface area contributed by atoms with Crippen LogP contribution in [-0.2, 0) is 4.74 Å². The lowest BCUT2D eigenvalue weighted by Gasteiger charge is -2.10. The molecule has 0 spiro atoms. The average Bonchev–Trinajstić information content (AvgIpc) is 1.60. The summed E-state index contributed by atoms with van der Waals surface area (Å²) in [5.74, 6) is 0. The fourth-order valence-corrected chi connectivity index (χ4v) is 0.144. The highest BCUT2D eigenvalue weighted by Crippen LogP contribution is 2.18. The average molecular weight is 151 g/mol. The van der Waals surface area contributed by atoms with Crippen molar-refractivity contribution in [3.8, 4) is 0 Å². The second-order valence-electron chi connectivity index (χ2n) is 1.05. The molecule has 1 atom stereocenters. The van der Waals surface area contributed by atoms with E-state index in [1.165, 1.54) is 0 Å². The zero-order valence-corrected chi connectivity index (χ0v) is 3.95. The summed E-state index contributed by atoms with van der Waals surface area (Å²) in [7, 11) is 0. The normalized spacial score (nSPS) is 17.8. The fourth-order valence-electron chi connectivity index (χ4n) is 0.144. The van der Waals surface area contributed by atoms with Crippen molar-refractivity contribution in [2.24, 2.45) is 0 Å². The van der Waals surface area contributed by atoms with Crippen molar-refractivity contribution in [2.75, 3.05) is 6.65 Å². The summed E-state index contributed by atoms with van der Waals surface area (Å²) in [6, 6.07) is 0. The Morgan fingerprint density at radius 1 is 1.56 bits per heavy atom. The van der Waals surface area contributed by atoms with Crippen LogP contribution in [0.3, 0.4) is 0 Å². The van der Waals surface area contributed by atoms with E-state index in [1.807, 2.05) is 0 Å². The summed E-state index contributed by atoms with van der Waals surface area (Å²) >= 11 is 0. The van der Waals surface area contributed by atoms with Crippen molar-refractivity contribution >= 4 is 0 Å². The molecule has 0 rings (SSSR count). The van der Waals surface area contributed by atoms with Crippen molar-refractivity contribution in [1.82, 2.24) is 0 Å². The maximum atomic E-state index is 11.5. The molecule has 0 bridgehead atoms. The Morgan fingerprint density at radius 3 is 2.11 bits per heavy atom. The Kier molecular flexibility index (Phi) is 2.21. The number of halogens is 5. The van der Waals surface area contributed by atoms with E-state index in [4.69, 9.17) is 1.37 Å². The van der Waals surface area contributed by atoms with Gasteiger partial charge < -0.3 is 0 Å². The second kappa shape index (κ2) is 2.95. The van der Waals surface area contributed by atoms with Crippen LogP contribution in [0.15, 0.2) is 0 Å². The van der Waals surface area contributed by atoms with E-state index >= 15 is 0 Å². The summed E-state index contributed by atoms with van der Waals surface area (Å²) in [5, 5.41) is 0. The first-order chi connectivity index (χ1) is 4.36. The second-order valence-corrected chi connectivity index (χ2v) is 1.05. The van der Waals surface area contributed by atoms with Gasteiger partial charge in [-0.05, 0) is 0 Å². The zero-order chi connectivity index (χ0) is 8.36. The van der Waals surface area contributed by atoms with E-state index in [2.05, 4.69) is 4.74 Å². The number of hydrogen-bond acceptors (Lipinski definition) is 1. The molecule has 0 radical (unpaired) electrons. The van der Waals surface area contributed by atoms with E-state index < -0.39 is 19.4 Å². The summed E-state index contributed by atoms with van der Waals surface area (Å²) in [4.78, 5) is 0. The molecule has 0 saturated heterocycles.